The zero-order valence-electron chi connectivity index (χ0n) is 32.8. The Hall–Kier alpha value is -8.35. The summed E-state index contributed by atoms with van der Waals surface area (Å²) in [7, 11) is 0. The highest BCUT2D eigenvalue weighted by molar-refractivity contribution is 6.12. The van der Waals surface area contributed by atoms with Gasteiger partial charge in [-0.3, -0.25) is 0 Å². The number of fused-ring (bicyclic) bond motifs is 7. The molecule has 0 unspecified atom stereocenters. The number of hydrogen-bond donors (Lipinski definition) is 0. The lowest BCUT2D eigenvalue weighted by atomic mass is 10.0. The molecule has 0 saturated carbocycles. The summed E-state index contributed by atoms with van der Waals surface area (Å²) >= 11 is 0. The summed E-state index contributed by atoms with van der Waals surface area (Å²) in [4.78, 5) is 9.79. The van der Waals surface area contributed by atoms with Crippen molar-refractivity contribution in [3.63, 3.8) is 0 Å². The number of nitrogens with zero attached hydrogens (tertiary/aromatic N) is 3. The molecule has 3 aromatic heterocycles. The van der Waals surface area contributed by atoms with E-state index in [1.807, 2.05) is 72.8 Å². The fraction of sp³-hybridized carbons (Fsp3) is 0. The minimum Gasteiger partial charge on any atom is -0.456 e. The Balaban J connectivity index is 1.14. The third kappa shape index (κ3) is 5.92. The molecule has 0 fully saturated rings. The second-order valence-corrected chi connectivity index (χ2v) is 15.1. The lowest BCUT2D eigenvalue weighted by Crippen LogP contribution is -2.14. The predicted molar refractivity (Wildman–Crippen MR) is 249 cm³/mol. The van der Waals surface area contributed by atoms with Gasteiger partial charge in [-0.2, -0.15) is 0 Å². The topological polar surface area (TPSA) is 58.8 Å². The van der Waals surface area contributed by atoms with Gasteiger partial charge in [0.05, 0.1) is 17.1 Å². The van der Waals surface area contributed by atoms with Crippen molar-refractivity contribution in [3.05, 3.63) is 212 Å². The van der Waals surface area contributed by atoms with E-state index >= 15 is 0 Å². The van der Waals surface area contributed by atoms with Crippen molar-refractivity contribution in [3.8, 4) is 22.6 Å². The van der Waals surface area contributed by atoms with E-state index in [9.17, 15) is 0 Å². The molecule has 0 spiro atoms. The van der Waals surface area contributed by atoms with Gasteiger partial charge >= 0.3 is 0 Å². The van der Waals surface area contributed by atoms with E-state index < -0.39 is 0 Å². The molecule has 0 aliphatic carbocycles. The lowest BCUT2D eigenvalue weighted by molar-refractivity contribution is 0.620. The van der Waals surface area contributed by atoms with Gasteiger partial charge in [0.15, 0.2) is 11.2 Å². The molecule has 0 saturated heterocycles. The Morgan fingerprint density at radius 3 is 1.62 bits per heavy atom. The summed E-state index contributed by atoms with van der Waals surface area (Å²) in [6.07, 6.45) is 0. The van der Waals surface area contributed by atoms with Crippen molar-refractivity contribution >= 4 is 89.1 Å². The van der Waals surface area contributed by atoms with Gasteiger partial charge in [-0.25, -0.2) is 4.98 Å². The Labute approximate surface area is 350 Å². The molecular formula is C55H35N3O3. The first-order valence-corrected chi connectivity index (χ1v) is 20.4. The Bertz CT molecular complexity index is 3540. The first kappa shape index (κ1) is 34.7. The summed E-state index contributed by atoms with van der Waals surface area (Å²) in [5, 5.41) is 4.24. The second-order valence-electron chi connectivity index (χ2n) is 15.1. The van der Waals surface area contributed by atoms with Crippen LogP contribution < -0.4 is 9.80 Å². The van der Waals surface area contributed by atoms with E-state index in [0.717, 1.165) is 94.7 Å². The van der Waals surface area contributed by atoms with E-state index in [4.69, 9.17) is 18.2 Å². The van der Waals surface area contributed by atoms with Crippen molar-refractivity contribution in [2.45, 2.75) is 0 Å². The number of benzene rings is 9. The summed E-state index contributed by atoms with van der Waals surface area (Å²) < 4.78 is 20.0. The third-order valence-corrected chi connectivity index (χ3v) is 11.5. The second kappa shape index (κ2) is 14.2. The summed E-state index contributed by atoms with van der Waals surface area (Å²) in [6, 6.07) is 73.1. The van der Waals surface area contributed by atoms with Gasteiger partial charge in [0.1, 0.15) is 22.3 Å². The first-order chi connectivity index (χ1) is 30.2. The molecule has 0 N–H and O–H groups in total. The summed E-state index contributed by atoms with van der Waals surface area (Å²) in [5.74, 6) is 0.533. The molecule has 9 aromatic carbocycles. The van der Waals surface area contributed by atoms with E-state index in [-0.39, 0.29) is 0 Å². The quantitative estimate of drug-likeness (QED) is 0.153. The normalized spacial score (nSPS) is 11.6. The van der Waals surface area contributed by atoms with Gasteiger partial charge in [0, 0.05) is 56.3 Å². The van der Waals surface area contributed by atoms with Gasteiger partial charge < -0.3 is 23.1 Å². The molecule has 0 radical (unpaired) electrons. The monoisotopic (exact) mass is 785 g/mol. The van der Waals surface area contributed by atoms with Crippen molar-refractivity contribution in [2.24, 2.45) is 0 Å². The molecule has 0 bridgehead atoms. The Morgan fingerprint density at radius 1 is 0.311 bits per heavy atom. The van der Waals surface area contributed by atoms with E-state index in [1.165, 1.54) is 0 Å². The average molecular weight is 786 g/mol. The van der Waals surface area contributed by atoms with Crippen LogP contribution in [0.5, 0.6) is 0 Å². The minimum absolute atomic E-state index is 0.533. The minimum atomic E-state index is 0.533. The number of anilines is 6. The standard InChI is InChI=1S/C55H35N3O3/c1-4-15-36(16-5-1)37-27-29-40(30-28-37)58(47-24-14-23-46-44-22-11-13-26-50(44)60-54(46)47)48-33-42(35-52-53(48)56-55(61-52)38-17-6-2-7-18-38)57(39-19-8-3-9-20-39)41-31-32-45-43-21-10-12-25-49(43)59-51(45)34-41/h1-35H. The van der Waals surface area contributed by atoms with Crippen LogP contribution in [0.15, 0.2) is 226 Å². The SMILES string of the molecule is c1ccc(-c2ccc(N(c3cc(N(c4ccccc4)c4ccc5c(c4)oc4ccccc45)cc4oc(-c5ccccc5)nc34)c3cccc4c3oc3ccccc34)cc2)cc1. The van der Waals surface area contributed by atoms with Crippen LogP contribution in [0.1, 0.15) is 0 Å². The van der Waals surface area contributed by atoms with Crippen LogP contribution in [0.2, 0.25) is 0 Å². The van der Waals surface area contributed by atoms with E-state index in [1.54, 1.807) is 0 Å². The van der Waals surface area contributed by atoms with Gasteiger partial charge in [-0.05, 0) is 83.9 Å². The molecule has 12 aromatic rings. The van der Waals surface area contributed by atoms with Crippen LogP contribution in [0.25, 0.3) is 77.6 Å². The molecule has 3 heterocycles. The molecule has 6 nitrogen and oxygen atoms in total. The molecule has 0 aliphatic rings. The van der Waals surface area contributed by atoms with Crippen LogP contribution in [-0.4, -0.2) is 4.98 Å². The van der Waals surface area contributed by atoms with Crippen LogP contribution in [0.4, 0.5) is 34.1 Å². The van der Waals surface area contributed by atoms with Crippen molar-refractivity contribution in [1.82, 2.24) is 4.98 Å². The number of furan rings is 2. The zero-order valence-corrected chi connectivity index (χ0v) is 32.8. The smallest absolute Gasteiger partial charge is 0.227 e. The average Bonchev–Trinajstić information content (AvgIpc) is 4.04. The molecule has 61 heavy (non-hydrogen) atoms. The number of para-hydroxylation sites is 4. The molecule has 0 aliphatic heterocycles. The highest BCUT2D eigenvalue weighted by Crippen LogP contribution is 2.48. The molecule has 0 amide bonds. The van der Waals surface area contributed by atoms with E-state index in [2.05, 4.69) is 149 Å². The summed E-state index contributed by atoms with van der Waals surface area (Å²) in [6.45, 7) is 0. The van der Waals surface area contributed by atoms with Gasteiger partial charge in [0.25, 0.3) is 0 Å². The largest absolute Gasteiger partial charge is 0.456 e. The molecule has 6 heteroatoms. The number of hydrogen-bond acceptors (Lipinski definition) is 6. The highest BCUT2D eigenvalue weighted by Gasteiger charge is 2.26. The molecular weight excluding hydrogens is 751 g/mol. The Morgan fingerprint density at radius 2 is 0.869 bits per heavy atom. The first-order valence-electron chi connectivity index (χ1n) is 20.4. The maximum Gasteiger partial charge on any atom is 0.227 e. The molecule has 288 valence electrons. The predicted octanol–water partition coefficient (Wildman–Crippen LogP) is 15.9. The lowest BCUT2D eigenvalue weighted by Gasteiger charge is -2.29. The van der Waals surface area contributed by atoms with Gasteiger partial charge in [-0.15, -0.1) is 0 Å². The van der Waals surface area contributed by atoms with Crippen LogP contribution in [0, 0.1) is 0 Å². The van der Waals surface area contributed by atoms with Crippen molar-refractivity contribution in [1.29, 1.82) is 0 Å². The maximum atomic E-state index is 6.80. The van der Waals surface area contributed by atoms with Crippen LogP contribution in [-0.2, 0) is 0 Å². The van der Waals surface area contributed by atoms with Crippen molar-refractivity contribution < 1.29 is 13.3 Å². The number of oxazole rings is 1. The number of aromatic nitrogens is 1. The maximum absolute atomic E-state index is 6.80. The van der Waals surface area contributed by atoms with Crippen molar-refractivity contribution in [2.75, 3.05) is 9.80 Å². The number of rotatable bonds is 8. The van der Waals surface area contributed by atoms with E-state index in [0.29, 0.717) is 17.0 Å². The fourth-order valence-corrected chi connectivity index (χ4v) is 8.63. The van der Waals surface area contributed by atoms with Crippen LogP contribution in [0.3, 0.4) is 0 Å². The molecule has 12 rings (SSSR count). The van der Waals surface area contributed by atoms with Gasteiger partial charge in [0.2, 0.25) is 5.89 Å². The fourth-order valence-electron chi connectivity index (χ4n) is 8.63. The Kier molecular flexibility index (Phi) is 8.06. The highest BCUT2D eigenvalue weighted by atomic mass is 16.3. The van der Waals surface area contributed by atoms with Crippen LogP contribution >= 0.6 is 0 Å². The van der Waals surface area contributed by atoms with Gasteiger partial charge in [-0.1, -0.05) is 127 Å². The third-order valence-electron chi connectivity index (χ3n) is 11.5. The summed E-state index contributed by atoms with van der Waals surface area (Å²) in [5.41, 5.74) is 13.2. The zero-order chi connectivity index (χ0) is 40.3. The molecule has 0 atom stereocenters.